The Balaban J connectivity index is 1.27. The highest BCUT2D eigenvalue weighted by Gasteiger charge is 2.37. The predicted octanol–water partition coefficient (Wildman–Crippen LogP) is 4.02. The van der Waals surface area contributed by atoms with E-state index in [-0.39, 0.29) is 6.04 Å². The van der Waals surface area contributed by atoms with Crippen LogP contribution in [0.15, 0.2) is 48.9 Å². The maximum atomic E-state index is 13.2. The highest BCUT2D eigenvalue weighted by atomic mass is 16.1. The molecule has 150 valence electrons. The van der Waals surface area contributed by atoms with E-state index in [0.29, 0.717) is 24.0 Å². The number of benzene rings is 1. The summed E-state index contributed by atoms with van der Waals surface area (Å²) in [6.07, 6.45) is 8.66. The first-order valence-electron chi connectivity index (χ1n) is 10.7. The van der Waals surface area contributed by atoms with Crippen LogP contribution < -0.4 is 10.2 Å². The van der Waals surface area contributed by atoms with Gasteiger partial charge in [0.05, 0.1) is 11.4 Å². The Morgan fingerprint density at radius 1 is 1.17 bits per heavy atom. The van der Waals surface area contributed by atoms with E-state index in [2.05, 4.69) is 25.2 Å². The molecule has 2 N–H and O–H groups in total. The molecule has 1 aliphatic carbocycles. The standard InChI is InChI=1S/C23H27N5O/c29-20(21(17-8-9-17)27-18-6-2-1-3-7-18)13-16-5-4-12-28(14-16)23-19-10-11-24-22(19)25-15-26-23/h1-3,6-7,10-11,15-17,21,27H,4-5,8-9,12-14H2,(H,24,25,26)/t16-,21+/m0/s1. The lowest BCUT2D eigenvalue weighted by atomic mass is 9.89. The summed E-state index contributed by atoms with van der Waals surface area (Å²) in [6.45, 7) is 1.86. The molecule has 1 aromatic carbocycles. The van der Waals surface area contributed by atoms with Crippen molar-refractivity contribution in [3.05, 3.63) is 48.9 Å². The second-order valence-corrected chi connectivity index (χ2v) is 8.39. The number of aromatic nitrogens is 3. The molecule has 1 saturated heterocycles. The number of H-pyrrole nitrogens is 1. The first-order chi connectivity index (χ1) is 14.3. The van der Waals surface area contributed by atoms with E-state index >= 15 is 0 Å². The highest BCUT2D eigenvalue weighted by Crippen LogP contribution is 2.36. The summed E-state index contributed by atoms with van der Waals surface area (Å²) >= 11 is 0. The number of anilines is 2. The average Bonchev–Trinajstić information content (AvgIpc) is 3.48. The summed E-state index contributed by atoms with van der Waals surface area (Å²) in [5, 5.41) is 4.56. The Bertz CT molecular complexity index is 981. The summed E-state index contributed by atoms with van der Waals surface area (Å²) < 4.78 is 0. The largest absolute Gasteiger partial charge is 0.375 e. The van der Waals surface area contributed by atoms with E-state index < -0.39 is 0 Å². The number of ketones is 1. The van der Waals surface area contributed by atoms with Crippen LogP contribution in [0.2, 0.25) is 0 Å². The molecule has 1 saturated carbocycles. The van der Waals surface area contributed by atoms with Gasteiger partial charge in [0.2, 0.25) is 0 Å². The molecule has 6 heteroatoms. The fraction of sp³-hybridized carbons (Fsp3) is 0.435. The molecule has 3 aromatic rings. The number of nitrogens with zero attached hydrogens (tertiary/aromatic N) is 3. The Hall–Kier alpha value is -2.89. The lowest BCUT2D eigenvalue weighted by Crippen LogP contribution is -2.39. The topological polar surface area (TPSA) is 73.9 Å². The summed E-state index contributed by atoms with van der Waals surface area (Å²) in [5.41, 5.74) is 1.91. The van der Waals surface area contributed by atoms with Gasteiger partial charge in [-0.25, -0.2) is 9.97 Å². The number of fused-ring (bicyclic) bond motifs is 1. The molecule has 2 aliphatic rings. The molecule has 1 aliphatic heterocycles. The van der Waals surface area contributed by atoms with E-state index in [0.717, 1.165) is 61.3 Å². The smallest absolute Gasteiger partial charge is 0.155 e. The van der Waals surface area contributed by atoms with Gasteiger partial charge in [-0.2, -0.15) is 0 Å². The Kier molecular flexibility index (Phi) is 4.92. The van der Waals surface area contributed by atoms with Gasteiger partial charge >= 0.3 is 0 Å². The molecule has 2 atom stereocenters. The van der Waals surface area contributed by atoms with Gasteiger partial charge in [0.15, 0.2) is 5.78 Å². The minimum Gasteiger partial charge on any atom is -0.375 e. The van der Waals surface area contributed by atoms with Crippen molar-refractivity contribution < 1.29 is 4.79 Å². The van der Waals surface area contributed by atoms with Crippen molar-refractivity contribution in [2.24, 2.45) is 11.8 Å². The maximum absolute atomic E-state index is 13.2. The van der Waals surface area contributed by atoms with E-state index in [9.17, 15) is 4.79 Å². The fourth-order valence-electron chi connectivity index (χ4n) is 4.55. The minimum atomic E-state index is -0.0526. The first-order valence-corrected chi connectivity index (χ1v) is 10.7. The third kappa shape index (κ3) is 3.97. The van der Waals surface area contributed by atoms with Crippen LogP contribution >= 0.6 is 0 Å². The molecule has 29 heavy (non-hydrogen) atoms. The molecular formula is C23H27N5O. The Morgan fingerprint density at radius 3 is 2.86 bits per heavy atom. The number of rotatable bonds is 7. The quantitative estimate of drug-likeness (QED) is 0.638. The molecule has 2 aromatic heterocycles. The van der Waals surface area contributed by atoms with Crippen molar-refractivity contribution in [3.63, 3.8) is 0 Å². The summed E-state index contributed by atoms with van der Waals surface area (Å²) in [6, 6.07) is 12.1. The van der Waals surface area contributed by atoms with Crippen molar-refractivity contribution >= 4 is 28.3 Å². The number of para-hydroxylation sites is 1. The molecule has 6 nitrogen and oxygen atoms in total. The predicted molar refractivity (Wildman–Crippen MR) is 115 cm³/mol. The highest BCUT2D eigenvalue weighted by molar-refractivity contribution is 5.88. The van der Waals surface area contributed by atoms with Crippen LogP contribution in [-0.2, 0) is 4.79 Å². The lowest BCUT2D eigenvalue weighted by Gasteiger charge is -2.34. The molecule has 0 amide bonds. The normalized spacial score (nSPS) is 20.6. The van der Waals surface area contributed by atoms with Crippen molar-refractivity contribution in [1.29, 1.82) is 0 Å². The number of nitrogens with one attached hydrogen (secondary N) is 2. The van der Waals surface area contributed by atoms with E-state index in [1.807, 2.05) is 42.6 Å². The van der Waals surface area contributed by atoms with Gasteiger partial charge in [-0.3, -0.25) is 4.79 Å². The molecule has 0 bridgehead atoms. The molecule has 0 unspecified atom stereocenters. The van der Waals surface area contributed by atoms with Gasteiger partial charge in [-0.15, -0.1) is 0 Å². The van der Waals surface area contributed by atoms with Gasteiger partial charge in [-0.1, -0.05) is 18.2 Å². The number of hydrogen-bond acceptors (Lipinski definition) is 5. The number of Topliss-reactive ketones (excluding diaryl/α,β-unsaturated/α-hetero) is 1. The monoisotopic (exact) mass is 389 g/mol. The van der Waals surface area contributed by atoms with Crippen molar-refractivity contribution in [2.75, 3.05) is 23.3 Å². The van der Waals surface area contributed by atoms with Crippen LogP contribution in [-0.4, -0.2) is 39.9 Å². The average molecular weight is 390 g/mol. The van der Waals surface area contributed by atoms with E-state index in [1.54, 1.807) is 6.33 Å². The van der Waals surface area contributed by atoms with Crippen LogP contribution in [0.4, 0.5) is 11.5 Å². The third-order valence-electron chi connectivity index (χ3n) is 6.18. The fourth-order valence-corrected chi connectivity index (χ4v) is 4.55. The zero-order valence-corrected chi connectivity index (χ0v) is 16.6. The summed E-state index contributed by atoms with van der Waals surface area (Å²) in [7, 11) is 0. The van der Waals surface area contributed by atoms with Crippen molar-refractivity contribution in [1.82, 2.24) is 15.0 Å². The molecule has 5 rings (SSSR count). The Labute approximate surface area is 170 Å². The van der Waals surface area contributed by atoms with Gasteiger partial charge in [0, 0.05) is 31.4 Å². The lowest BCUT2D eigenvalue weighted by molar-refractivity contribution is -0.121. The minimum absolute atomic E-state index is 0.0526. The first kappa shape index (κ1) is 18.2. The maximum Gasteiger partial charge on any atom is 0.155 e. The van der Waals surface area contributed by atoms with Crippen LogP contribution in [0.25, 0.3) is 11.0 Å². The molecule has 3 heterocycles. The van der Waals surface area contributed by atoms with Crippen LogP contribution in [0.5, 0.6) is 0 Å². The summed E-state index contributed by atoms with van der Waals surface area (Å²) in [5.74, 6) is 2.20. The van der Waals surface area contributed by atoms with E-state index in [4.69, 9.17) is 0 Å². The van der Waals surface area contributed by atoms with Gasteiger partial charge < -0.3 is 15.2 Å². The van der Waals surface area contributed by atoms with Crippen molar-refractivity contribution in [2.45, 2.75) is 38.1 Å². The van der Waals surface area contributed by atoms with Gasteiger partial charge in [0.25, 0.3) is 0 Å². The summed E-state index contributed by atoms with van der Waals surface area (Å²) in [4.78, 5) is 27.5. The number of aromatic amines is 1. The van der Waals surface area contributed by atoms with Crippen LogP contribution in [0, 0.1) is 11.8 Å². The van der Waals surface area contributed by atoms with Gasteiger partial charge in [0.1, 0.15) is 17.8 Å². The van der Waals surface area contributed by atoms with Gasteiger partial charge in [-0.05, 0) is 55.7 Å². The second-order valence-electron chi connectivity index (χ2n) is 8.39. The Morgan fingerprint density at radius 2 is 2.03 bits per heavy atom. The number of carbonyl (C=O) groups is 1. The van der Waals surface area contributed by atoms with E-state index in [1.165, 1.54) is 0 Å². The van der Waals surface area contributed by atoms with Crippen LogP contribution in [0.3, 0.4) is 0 Å². The van der Waals surface area contributed by atoms with Crippen molar-refractivity contribution in [3.8, 4) is 0 Å². The molecule has 0 radical (unpaired) electrons. The number of hydrogen-bond donors (Lipinski definition) is 2. The second kappa shape index (κ2) is 7.85. The zero-order valence-electron chi connectivity index (χ0n) is 16.6. The SMILES string of the molecule is O=C(C[C@@H]1CCCN(c2ncnc3[nH]ccc23)C1)[C@H](Nc1ccccc1)C1CC1. The zero-order chi connectivity index (χ0) is 19.6. The molecule has 0 spiro atoms. The van der Waals surface area contributed by atoms with Crippen LogP contribution in [0.1, 0.15) is 32.1 Å². The number of piperidine rings is 1. The number of carbonyl (C=O) groups excluding carboxylic acids is 1. The molecular weight excluding hydrogens is 362 g/mol. The molecule has 2 fully saturated rings. The third-order valence-corrected chi connectivity index (χ3v) is 6.18.